The van der Waals surface area contributed by atoms with Gasteiger partial charge in [0.2, 0.25) is 0 Å². The van der Waals surface area contributed by atoms with E-state index in [4.69, 9.17) is 33.0 Å². The number of fused-ring (bicyclic) bond motifs is 1. The van der Waals surface area contributed by atoms with E-state index in [0.717, 1.165) is 5.56 Å². The first-order valence-electron chi connectivity index (χ1n) is 9.17. The minimum Gasteiger partial charge on any atom is -0.506 e. The molecule has 156 valence electrons. The summed E-state index contributed by atoms with van der Waals surface area (Å²) in [6, 6.07) is 7.80. The van der Waals surface area contributed by atoms with Crippen molar-refractivity contribution in [1.82, 2.24) is 10.3 Å². The number of phenols is 1. The summed E-state index contributed by atoms with van der Waals surface area (Å²) in [5.41, 5.74) is 1.52. The zero-order valence-corrected chi connectivity index (χ0v) is 17.4. The summed E-state index contributed by atoms with van der Waals surface area (Å²) in [5.74, 6) is -1.57. The molecule has 0 spiro atoms. The molecule has 4 rings (SSSR count). The Kier molecular flexibility index (Phi) is 5.13. The third kappa shape index (κ3) is 3.29. The number of hydrogen-bond donors (Lipinski definition) is 4. The van der Waals surface area contributed by atoms with Crippen LogP contribution in [0.15, 0.2) is 30.3 Å². The highest BCUT2D eigenvalue weighted by Gasteiger charge is 2.39. The number of rotatable bonds is 4. The molecule has 7 nitrogen and oxygen atoms in total. The lowest BCUT2D eigenvalue weighted by atomic mass is 9.88. The standard InChI is InChI=1S/C21H18Cl2N2O5/c1-10-15-13(8-14(26)16(22)17(15)23)24-18(10)19(27)25-21(6-7-30-9-21)12-4-2-11(3-5-12)20(28)29/h2-5,8,24,26H,6-7,9H2,1H3,(H,25,27)(H,28,29). The van der Waals surface area contributed by atoms with E-state index in [2.05, 4.69) is 10.3 Å². The molecule has 0 saturated carbocycles. The number of halogens is 2. The number of aromatic amines is 1. The van der Waals surface area contributed by atoms with Gasteiger partial charge in [-0.3, -0.25) is 4.79 Å². The van der Waals surface area contributed by atoms with Crippen molar-refractivity contribution < 1.29 is 24.5 Å². The average molecular weight is 449 g/mol. The number of H-pyrrole nitrogens is 1. The van der Waals surface area contributed by atoms with Crippen molar-refractivity contribution in [3.8, 4) is 5.75 Å². The van der Waals surface area contributed by atoms with Gasteiger partial charge in [0.1, 0.15) is 16.5 Å². The van der Waals surface area contributed by atoms with Crippen LogP contribution >= 0.6 is 23.2 Å². The number of aromatic nitrogens is 1. The number of aromatic hydroxyl groups is 1. The van der Waals surface area contributed by atoms with Gasteiger partial charge in [-0.15, -0.1) is 0 Å². The Labute approximate surface area is 181 Å². The lowest BCUT2D eigenvalue weighted by Gasteiger charge is -2.29. The molecule has 2 heterocycles. The van der Waals surface area contributed by atoms with Gasteiger partial charge in [0.05, 0.1) is 28.2 Å². The fourth-order valence-corrected chi connectivity index (χ4v) is 4.32. The minimum atomic E-state index is -1.02. The van der Waals surface area contributed by atoms with Crippen molar-refractivity contribution in [2.24, 2.45) is 0 Å². The minimum absolute atomic E-state index is 0.0254. The van der Waals surface area contributed by atoms with Crippen LogP contribution in [0, 0.1) is 6.92 Å². The van der Waals surface area contributed by atoms with Crippen molar-refractivity contribution in [1.29, 1.82) is 0 Å². The SMILES string of the molecule is Cc1c(C(=O)NC2(c3ccc(C(=O)O)cc3)CCOC2)[nH]c2cc(O)c(Cl)c(Cl)c12. The number of carbonyl (C=O) groups is 2. The molecule has 0 bridgehead atoms. The summed E-state index contributed by atoms with van der Waals surface area (Å²) in [7, 11) is 0. The molecule has 1 saturated heterocycles. The van der Waals surface area contributed by atoms with E-state index in [0.29, 0.717) is 35.2 Å². The number of hydrogen-bond acceptors (Lipinski definition) is 4. The van der Waals surface area contributed by atoms with E-state index in [1.165, 1.54) is 18.2 Å². The molecule has 2 aromatic carbocycles. The zero-order valence-electron chi connectivity index (χ0n) is 15.9. The highest BCUT2D eigenvalue weighted by atomic mass is 35.5. The summed E-state index contributed by atoms with van der Waals surface area (Å²) in [6.45, 7) is 2.46. The number of ether oxygens (including phenoxy) is 1. The number of carbonyl (C=O) groups excluding carboxylic acids is 1. The predicted molar refractivity (Wildman–Crippen MR) is 113 cm³/mol. The van der Waals surface area contributed by atoms with Crippen LogP contribution in [-0.2, 0) is 10.3 Å². The van der Waals surface area contributed by atoms with Crippen LogP contribution in [-0.4, -0.2) is 40.3 Å². The number of nitrogens with one attached hydrogen (secondary N) is 2. The molecule has 1 atom stereocenters. The van der Waals surface area contributed by atoms with Gasteiger partial charge in [-0.1, -0.05) is 35.3 Å². The van der Waals surface area contributed by atoms with Crippen molar-refractivity contribution in [3.63, 3.8) is 0 Å². The van der Waals surface area contributed by atoms with Crippen LogP contribution < -0.4 is 5.32 Å². The maximum atomic E-state index is 13.2. The predicted octanol–water partition coefficient (Wildman–Crippen LogP) is 4.23. The third-order valence-corrected chi connectivity index (χ3v) is 6.34. The van der Waals surface area contributed by atoms with E-state index in [1.807, 2.05) is 0 Å². The number of benzene rings is 2. The van der Waals surface area contributed by atoms with Gasteiger partial charge in [-0.2, -0.15) is 0 Å². The Bertz CT molecular complexity index is 1160. The van der Waals surface area contributed by atoms with Gasteiger partial charge in [0, 0.05) is 24.5 Å². The normalized spacial score (nSPS) is 18.6. The molecule has 0 aliphatic carbocycles. The highest BCUT2D eigenvalue weighted by Crippen LogP contribution is 2.40. The lowest BCUT2D eigenvalue weighted by Crippen LogP contribution is -2.46. The molecule has 0 radical (unpaired) electrons. The van der Waals surface area contributed by atoms with E-state index >= 15 is 0 Å². The molecule has 4 N–H and O–H groups in total. The van der Waals surface area contributed by atoms with Gasteiger partial charge in [0.25, 0.3) is 5.91 Å². The fourth-order valence-electron chi connectivity index (χ4n) is 3.83. The second-order valence-electron chi connectivity index (χ2n) is 7.29. The number of amides is 1. The van der Waals surface area contributed by atoms with Crippen molar-refractivity contribution in [3.05, 3.63) is 62.8 Å². The van der Waals surface area contributed by atoms with Crippen LogP contribution in [0.3, 0.4) is 0 Å². The smallest absolute Gasteiger partial charge is 0.335 e. The van der Waals surface area contributed by atoms with E-state index < -0.39 is 11.5 Å². The quantitative estimate of drug-likeness (QED) is 0.476. The van der Waals surface area contributed by atoms with Crippen molar-refractivity contribution >= 4 is 46.0 Å². The first-order chi connectivity index (χ1) is 14.2. The molecule has 3 aromatic rings. The summed E-state index contributed by atoms with van der Waals surface area (Å²) >= 11 is 12.3. The molecule has 30 heavy (non-hydrogen) atoms. The van der Waals surface area contributed by atoms with Crippen LogP contribution in [0.4, 0.5) is 0 Å². The second kappa shape index (κ2) is 7.50. The molecule has 1 amide bonds. The molecule has 1 fully saturated rings. The van der Waals surface area contributed by atoms with Crippen LogP contribution in [0.2, 0.25) is 10.0 Å². The first-order valence-corrected chi connectivity index (χ1v) is 9.92. The van der Waals surface area contributed by atoms with Crippen LogP contribution in [0.5, 0.6) is 5.75 Å². The Morgan fingerprint density at radius 2 is 1.90 bits per heavy atom. The number of carboxylic acids is 1. The van der Waals surface area contributed by atoms with Gasteiger partial charge < -0.3 is 25.3 Å². The van der Waals surface area contributed by atoms with Crippen LogP contribution in [0.25, 0.3) is 10.9 Å². The van der Waals surface area contributed by atoms with E-state index in [-0.39, 0.29) is 33.9 Å². The fraction of sp³-hybridized carbons (Fsp3) is 0.238. The Morgan fingerprint density at radius 3 is 2.50 bits per heavy atom. The van der Waals surface area contributed by atoms with Crippen molar-refractivity contribution in [2.45, 2.75) is 18.9 Å². The monoisotopic (exact) mass is 448 g/mol. The number of aryl methyl sites for hydroxylation is 1. The van der Waals surface area contributed by atoms with Gasteiger partial charge in [-0.05, 0) is 30.2 Å². The second-order valence-corrected chi connectivity index (χ2v) is 8.05. The molecule has 1 unspecified atom stereocenters. The number of phenolic OH excluding ortho intramolecular Hbond substituents is 1. The van der Waals surface area contributed by atoms with Crippen LogP contribution in [0.1, 0.15) is 38.4 Å². The molecule has 9 heteroatoms. The van der Waals surface area contributed by atoms with E-state index in [1.54, 1.807) is 19.1 Å². The first kappa shape index (κ1) is 20.5. The Balaban J connectivity index is 1.71. The molecule has 1 aliphatic rings. The van der Waals surface area contributed by atoms with Gasteiger partial charge in [0.15, 0.2) is 0 Å². The van der Waals surface area contributed by atoms with Gasteiger partial charge >= 0.3 is 5.97 Å². The number of aromatic carboxylic acids is 1. The largest absolute Gasteiger partial charge is 0.506 e. The topological polar surface area (TPSA) is 112 Å². The maximum absolute atomic E-state index is 13.2. The van der Waals surface area contributed by atoms with E-state index in [9.17, 15) is 14.7 Å². The highest BCUT2D eigenvalue weighted by molar-refractivity contribution is 6.46. The molecule has 1 aliphatic heterocycles. The summed E-state index contributed by atoms with van der Waals surface area (Å²) in [5, 5.41) is 22.8. The zero-order chi connectivity index (χ0) is 21.6. The van der Waals surface area contributed by atoms with Gasteiger partial charge in [-0.25, -0.2) is 4.79 Å². The summed E-state index contributed by atoms with van der Waals surface area (Å²) in [6.07, 6.45) is 0.539. The van der Waals surface area contributed by atoms with Crippen molar-refractivity contribution in [2.75, 3.05) is 13.2 Å². The maximum Gasteiger partial charge on any atom is 0.335 e. The number of carboxylic acid groups (broad SMARTS) is 1. The summed E-state index contributed by atoms with van der Waals surface area (Å²) < 4.78 is 5.56. The Morgan fingerprint density at radius 1 is 1.20 bits per heavy atom. The molecular formula is C21H18Cl2N2O5. The molecular weight excluding hydrogens is 431 g/mol. The molecule has 1 aromatic heterocycles. The summed E-state index contributed by atoms with van der Waals surface area (Å²) in [4.78, 5) is 27.3. The Hall–Kier alpha value is -2.74. The lowest BCUT2D eigenvalue weighted by molar-refractivity contribution is 0.0696. The third-order valence-electron chi connectivity index (χ3n) is 5.48. The average Bonchev–Trinajstić information content (AvgIpc) is 3.31.